The van der Waals surface area contributed by atoms with E-state index in [2.05, 4.69) is 10.4 Å². The largest absolute Gasteiger partial charge is 0.379 e. The Morgan fingerprint density at radius 3 is 2.95 bits per heavy atom. The zero-order chi connectivity index (χ0) is 13.8. The Hall–Kier alpha value is -2.37. The van der Waals surface area contributed by atoms with E-state index in [-0.39, 0.29) is 5.56 Å². The van der Waals surface area contributed by atoms with Crippen molar-refractivity contribution >= 4 is 11.6 Å². The number of primary amides is 1. The Morgan fingerprint density at radius 2 is 2.26 bits per heavy atom. The second kappa shape index (κ2) is 5.51. The Kier molecular flexibility index (Phi) is 3.79. The van der Waals surface area contributed by atoms with Crippen LogP contribution in [-0.4, -0.2) is 15.7 Å². The number of anilines is 1. The second-order valence-electron chi connectivity index (χ2n) is 4.05. The Bertz CT molecular complexity index is 594. The first kappa shape index (κ1) is 13.1. The Morgan fingerprint density at radius 1 is 1.47 bits per heavy atom. The summed E-state index contributed by atoms with van der Waals surface area (Å²) in [7, 11) is 0. The fraction of sp³-hybridized carbons (Fsp3) is 0.231. The predicted octanol–water partition coefficient (Wildman–Crippen LogP) is 1.75. The molecule has 5 nitrogen and oxygen atoms in total. The number of nitrogens with one attached hydrogen (secondary N) is 1. The number of nitrogens with two attached hydrogens (primary N) is 1. The number of carbonyl (C=O) groups excluding carboxylic acids is 1. The smallest absolute Gasteiger partial charge is 0.251 e. The molecule has 1 heterocycles. The van der Waals surface area contributed by atoms with E-state index < -0.39 is 11.7 Å². The number of hydrogen-bond donors (Lipinski definition) is 2. The van der Waals surface area contributed by atoms with E-state index in [1.54, 1.807) is 12.3 Å². The molecular weight excluding hydrogens is 247 g/mol. The van der Waals surface area contributed by atoms with Gasteiger partial charge in [-0.05, 0) is 31.2 Å². The van der Waals surface area contributed by atoms with Gasteiger partial charge in [-0.1, -0.05) is 0 Å². The third-order valence-electron chi connectivity index (χ3n) is 2.81. The number of amides is 1. The molecule has 2 rings (SSSR count). The van der Waals surface area contributed by atoms with Gasteiger partial charge in [0.05, 0.1) is 17.8 Å². The normalized spacial score (nSPS) is 10.4. The third-order valence-corrected chi connectivity index (χ3v) is 2.81. The third kappa shape index (κ3) is 2.90. The summed E-state index contributed by atoms with van der Waals surface area (Å²) in [5.41, 5.74) is 6.63. The van der Waals surface area contributed by atoms with Crippen LogP contribution in [0.1, 0.15) is 23.0 Å². The summed E-state index contributed by atoms with van der Waals surface area (Å²) in [5.74, 6) is -1.39. The molecular formula is C13H15FN4O. The van der Waals surface area contributed by atoms with E-state index in [0.29, 0.717) is 12.2 Å². The Labute approximate surface area is 110 Å². The lowest BCUT2D eigenvalue weighted by Gasteiger charge is -2.09. The van der Waals surface area contributed by atoms with Crippen LogP contribution < -0.4 is 11.1 Å². The summed E-state index contributed by atoms with van der Waals surface area (Å²) >= 11 is 0. The van der Waals surface area contributed by atoms with Gasteiger partial charge in [0, 0.05) is 18.4 Å². The highest BCUT2D eigenvalue weighted by molar-refractivity contribution is 5.94. The zero-order valence-corrected chi connectivity index (χ0v) is 10.6. The van der Waals surface area contributed by atoms with Crippen molar-refractivity contribution in [3.05, 3.63) is 47.5 Å². The average Bonchev–Trinajstić information content (AvgIpc) is 2.84. The number of aryl methyl sites for hydroxylation is 1. The molecule has 19 heavy (non-hydrogen) atoms. The van der Waals surface area contributed by atoms with Gasteiger partial charge in [-0.3, -0.25) is 9.48 Å². The highest BCUT2D eigenvalue weighted by Gasteiger charge is 2.09. The van der Waals surface area contributed by atoms with Crippen molar-refractivity contribution in [2.45, 2.75) is 20.0 Å². The molecule has 0 aliphatic heterocycles. The first-order valence-electron chi connectivity index (χ1n) is 5.95. The summed E-state index contributed by atoms with van der Waals surface area (Å²) in [5, 5.41) is 7.26. The first-order chi connectivity index (χ1) is 9.11. The lowest BCUT2D eigenvalue weighted by Crippen LogP contribution is -2.14. The maximum atomic E-state index is 13.3. The van der Waals surface area contributed by atoms with Crippen molar-refractivity contribution in [1.29, 1.82) is 0 Å². The molecule has 3 N–H and O–H groups in total. The number of halogens is 1. The highest BCUT2D eigenvalue weighted by atomic mass is 19.1. The molecule has 0 saturated heterocycles. The van der Waals surface area contributed by atoms with E-state index >= 15 is 0 Å². The van der Waals surface area contributed by atoms with Crippen LogP contribution in [0.15, 0.2) is 30.5 Å². The standard InChI is InChI=1S/C13H15FN4O/c1-2-18-10(5-6-17-18)8-16-9-3-4-12(14)11(7-9)13(15)19/h3-7,16H,2,8H2,1H3,(H2,15,19). The second-order valence-corrected chi connectivity index (χ2v) is 4.05. The van der Waals surface area contributed by atoms with Crippen LogP contribution in [0.5, 0.6) is 0 Å². The summed E-state index contributed by atoms with van der Waals surface area (Å²) in [6, 6.07) is 6.09. The van der Waals surface area contributed by atoms with Crippen molar-refractivity contribution in [3.63, 3.8) is 0 Å². The molecule has 2 aromatic rings. The molecule has 0 bridgehead atoms. The van der Waals surface area contributed by atoms with Gasteiger partial charge in [0.25, 0.3) is 5.91 Å². The van der Waals surface area contributed by atoms with Crippen molar-refractivity contribution in [2.24, 2.45) is 5.73 Å². The van der Waals surface area contributed by atoms with Crippen LogP contribution in [0.3, 0.4) is 0 Å². The number of hydrogen-bond acceptors (Lipinski definition) is 3. The van der Waals surface area contributed by atoms with E-state index in [0.717, 1.165) is 12.2 Å². The van der Waals surface area contributed by atoms with Gasteiger partial charge >= 0.3 is 0 Å². The number of rotatable bonds is 5. The lowest BCUT2D eigenvalue weighted by molar-refractivity contribution is 0.0996. The lowest BCUT2D eigenvalue weighted by atomic mass is 10.1. The summed E-state index contributed by atoms with van der Waals surface area (Å²) < 4.78 is 15.2. The maximum absolute atomic E-state index is 13.3. The Balaban J connectivity index is 2.12. The van der Waals surface area contributed by atoms with Gasteiger partial charge < -0.3 is 11.1 Å². The molecule has 6 heteroatoms. The molecule has 0 atom stereocenters. The van der Waals surface area contributed by atoms with Gasteiger partial charge in [0.1, 0.15) is 5.82 Å². The van der Waals surface area contributed by atoms with Crippen LogP contribution >= 0.6 is 0 Å². The fourth-order valence-corrected chi connectivity index (χ4v) is 1.81. The molecule has 1 aromatic heterocycles. The van der Waals surface area contributed by atoms with E-state index in [4.69, 9.17) is 5.73 Å². The summed E-state index contributed by atoms with van der Waals surface area (Å²) in [4.78, 5) is 11.0. The van der Waals surface area contributed by atoms with E-state index in [1.807, 2.05) is 17.7 Å². The fourth-order valence-electron chi connectivity index (χ4n) is 1.81. The SMILES string of the molecule is CCn1nccc1CNc1ccc(F)c(C(N)=O)c1. The first-order valence-corrected chi connectivity index (χ1v) is 5.95. The van der Waals surface area contributed by atoms with Crippen molar-refractivity contribution in [1.82, 2.24) is 9.78 Å². The monoisotopic (exact) mass is 262 g/mol. The minimum absolute atomic E-state index is 0.117. The predicted molar refractivity (Wildman–Crippen MR) is 70.1 cm³/mol. The maximum Gasteiger partial charge on any atom is 0.251 e. The van der Waals surface area contributed by atoms with Gasteiger partial charge in [-0.25, -0.2) is 4.39 Å². The minimum Gasteiger partial charge on any atom is -0.379 e. The van der Waals surface area contributed by atoms with Crippen molar-refractivity contribution < 1.29 is 9.18 Å². The molecule has 0 radical (unpaired) electrons. The minimum atomic E-state index is -0.778. The van der Waals surface area contributed by atoms with E-state index in [1.165, 1.54) is 12.1 Å². The van der Waals surface area contributed by atoms with Crippen LogP contribution in [0, 0.1) is 5.82 Å². The molecule has 0 aliphatic carbocycles. The van der Waals surface area contributed by atoms with Crippen LogP contribution in [0.4, 0.5) is 10.1 Å². The molecule has 0 fully saturated rings. The quantitative estimate of drug-likeness (QED) is 0.862. The highest BCUT2D eigenvalue weighted by Crippen LogP contribution is 2.15. The summed E-state index contributed by atoms with van der Waals surface area (Å²) in [6.07, 6.45) is 1.72. The van der Waals surface area contributed by atoms with Crippen LogP contribution in [0.25, 0.3) is 0 Å². The van der Waals surface area contributed by atoms with Crippen LogP contribution in [0.2, 0.25) is 0 Å². The number of benzene rings is 1. The van der Waals surface area contributed by atoms with Gasteiger partial charge in [0.15, 0.2) is 0 Å². The van der Waals surface area contributed by atoms with Crippen LogP contribution in [-0.2, 0) is 13.1 Å². The molecule has 0 saturated carbocycles. The van der Waals surface area contributed by atoms with Gasteiger partial charge in [-0.15, -0.1) is 0 Å². The average molecular weight is 262 g/mol. The molecule has 0 unspecified atom stereocenters. The number of carbonyl (C=O) groups is 1. The van der Waals surface area contributed by atoms with Crippen molar-refractivity contribution in [2.75, 3.05) is 5.32 Å². The molecule has 1 amide bonds. The molecule has 100 valence electrons. The number of nitrogens with zero attached hydrogens (tertiary/aromatic N) is 2. The summed E-state index contributed by atoms with van der Waals surface area (Å²) in [6.45, 7) is 3.32. The molecule has 1 aromatic carbocycles. The topological polar surface area (TPSA) is 72.9 Å². The van der Waals surface area contributed by atoms with Gasteiger partial charge in [0.2, 0.25) is 0 Å². The zero-order valence-electron chi connectivity index (χ0n) is 10.6. The van der Waals surface area contributed by atoms with Crippen molar-refractivity contribution in [3.8, 4) is 0 Å². The number of aromatic nitrogens is 2. The molecule has 0 spiro atoms. The van der Waals surface area contributed by atoms with Gasteiger partial charge in [-0.2, -0.15) is 5.10 Å². The molecule has 0 aliphatic rings. The van der Waals surface area contributed by atoms with E-state index in [9.17, 15) is 9.18 Å².